The minimum Gasteiger partial charge on any atom is -0.392 e. The summed E-state index contributed by atoms with van der Waals surface area (Å²) < 4.78 is 0. The van der Waals surface area contributed by atoms with Gasteiger partial charge in [0.05, 0.1) is 6.10 Å². The Morgan fingerprint density at radius 3 is 2.79 bits per heavy atom. The fourth-order valence-corrected chi connectivity index (χ4v) is 2.66. The van der Waals surface area contributed by atoms with Crippen molar-refractivity contribution in [3.8, 4) is 0 Å². The van der Waals surface area contributed by atoms with Gasteiger partial charge in [0.2, 0.25) is 0 Å². The minimum absolute atomic E-state index is 0.132. The molecule has 0 spiro atoms. The molecule has 1 aromatic carbocycles. The lowest BCUT2D eigenvalue weighted by Gasteiger charge is -2.25. The second-order valence-corrected chi connectivity index (χ2v) is 5.47. The van der Waals surface area contributed by atoms with Crippen LogP contribution in [0.15, 0.2) is 30.3 Å². The van der Waals surface area contributed by atoms with E-state index in [0.29, 0.717) is 6.04 Å². The molecule has 2 rings (SSSR count). The molecule has 2 unspecified atom stereocenters. The van der Waals surface area contributed by atoms with E-state index in [1.165, 1.54) is 18.4 Å². The zero-order valence-electron chi connectivity index (χ0n) is 11.9. The predicted octanol–water partition coefficient (Wildman–Crippen LogP) is 2.18. The van der Waals surface area contributed by atoms with Gasteiger partial charge >= 0.3 is 0 Å². The smallest absolute Gasteiger partial charge is 0.0679 e. The molecule has 1 aliphatic heterocycles. The number of aliphatic hydroxyl groups is 1. The van der Waals surface area contributed by atoms with E-state index in [2.05, 4.69) is 47.5 Å². The van der Waals surface area contributed by atoms with Crippen LogP contribution in [-0.4, -0.2) is 42.3 Å². The molecule has 2 atom stereocenters. The van der Waals surface area contributed by atoms with E-state index in [0.717, 1.165) is 32.6 Å². The van der Waals surface area contributed by atoms with Crippen LogP contribution in [0.4, 0.5) is 0 Å². The highest BCUT2D eigenvalue weighted by Crippen LogP contribution is 2.17. The lowest BCUT2D eigenvalue weighted by Crippen LogP contribution is -2.35. The zero-order chi connectivity index (χ0) is 13.5. The summed E-state index contributed by atoms with van der Waals surface area (Å²) in [7, 11) is 0. The molecule has 3 heteroatoms. The van der Waals surface area contributed by atoms with Gasteiger partial charge in [0.1, 0.15) is 0 Å². The monoisotopic (exact) mass is 262 g/mol. The molecular weight excluding hydrogens is 236 g/mol. The number of rotatable bonds is 7. The highest BCUT2D eigenvalue weighted by Gasteiger charge is 2.23. The molecule has 0 aliphatic carbocycles. The number of aliphatic hydroxyl groups excluding tert-OH is 1. The van der Waals surface area contributed by atoms with Gasteiger partial charge < -0.3 is 10.4 Å². The molecule has 0 aromatic heterocycles. The number of hydrogen-bond donors (Lipinski definition) is 2. The molecule has 0 bridgehead atoms. The van der Waals surface area contributed by atoms with Crippen LogP contribution < -0.4 is 5.32 Å². The Kier molecular flexibility index (Phi) is 5.83. The molecular formula is C16H26N2O. The first-order chi connectivity index (χ1) is 9.29. The van der Waals surface area contributed by atoms with E-state index in [1.54, 1.807) is 0 Å². The lowest BCUT2D eigenvalue weighted by atomic mass is 10.1. The maximum atomic E-state index is 9.64. The van der Waals surface area contributed by atoms with Crippen molar-refractivity contribution in [1.29, 1.82) is 0 Å². The topological polar surface area (TPSA) is 35.5 Å². The molecule has 0 saturated carbocycles. The van der Waals surface area contributed by atoms with Gasteiger partial charge in [-0.25, -0.2) is 0 Å². The molecule has 3 nitrogen and oxygen atoms in total. The number of β-amino-alcohol motifs (C(OH)–C–C–N with tert-alkyl or cyclic N) is 1. The predicted molar refractivity (Wildman–Crippen MR) is 79.2 cm³/mol. The van der Waals surface area contributed by atoms with Crippen molar-refractivity contribution < 1.29 is 5.11 Å². The van der Waals surface area contributed by atoms with E-state index in [9.17, 15) is 5.11 Å². The van der Waals surface area contributed by atoms with Gasteiger partial charge in [-0.05, 0) is 24.9 Å². The Bertz CT molecular complexity index is 355. The van der Waals surface area contributed by atoms with Crippen molar-refractivity contribution >= 4 is 0 Å². The summed E-state index contributed by atoms with van der Waals surface area (Å²) in [5.41, 5.74) is 1.35. The second kappa shape index (κ2) is 7.63. The van der Waals surface area contributed by atoms with Gasteiger partial charge in [-0.1, -0.05) is 43.7 Å². The van der Waals surface area contributed by atoms with Crippen molar-refractivity contribution in [2.75, 3.05) is 26.2 Å². The second-order valence-electron chi connectivity index (χ2n) is 5.47. The molecule has 1 saturated heterocycles. The fourth-order valence-electron chi connectivity index (χ4n) is 2.66. The van der Waals surface area contributed by atoms with Gasteiger partial charge in [0, 0.05) is 25.7 Å². The summed E-state index contributed by atoms with van der Waals surface area (Å²) in [5, 5.41) is 13.3. The van der Waals surface area contributed by atoms with Gasteiger partial charge in [-0.2, -0.15) is 0 Å². The normalized spacial score (nSPS) is 21.7. The quantitative estimate of drug-likeness (QED) is 0.739. The zero-order valence-corrected chi connectivity index (χ0v) is 11.9. The number of nitrogens with one attached hydrogen (secondary N) is 1. The number of hydrogen-bond acceptors (Lipinski definition) is 3. The van der Waals surface area contributed by atoms with Crippen molar-refractivity contribution in [1.82, 2.24) is 10.2 Å². The first kappa shape index (κ1) is 14.5. The van der Waals surface area contributed by atoms with Gasteiger partial charge in [-0.3, -0.25) is 4.90 Å². The van der Waals surface area contributed by atoms with Crippen molar-refractivity contribution in [3.63, 3.8) is 0 Å². The first-order valence-corrected chi connectivity index (χ1v) is 7.48. The van der Waals surface area contributed by atoms with Crippen LogP contribution in [0.1, 0.15) is 37.8 Å². The van der Waals surface area contributed by atoms with Crippen molar-refractivity contribution in [2.24, 2.45) is 0 Å². The first-order valence-electron chi connectivity index (χ1n) is 7.48. The molecule has 1 heterocycles. The molecule has 106 valence electrons. The Balaban J connectivity index is 1.93. The van der Waals surface area contributed by atoms with E-state index in [4.69, 9.17) is 0 Å². The number of nitrogens with zero attached hydrogens (tertiary/aromatic N) is 1. The summed E-state index contributed by atoms with van der Waals surface area (Å²) in [6, 6.07) is 11.0. The van der Waals surface area contributed by atoms with Crippen LogP contribution >= 0.6 is 0 Å². The van der Waals surface area contributed by atoms with Gasteiger partial charge in [0.25, 0.3) is 0 Å². The van der Waals surface area contributed by atoms with E-state index >= 15 is 0 Å². The SMILES string of the molecule is CCCCNC(CN1CCC(O)C1)c1ccccc1. The molecule has 19 heavy (non-hydrogen) atoms. The molecule has 0 radical (unpaired) electrons. The summed E-state index contributed by atoms with van der Waals surface area (Å²) in [4.78, 5) is 2.36. The van der Waals surface area contributed by atoms with Crippen molar-refractivity contribution in [3.05, 3.63) is 35.9 Å². The Morgan fingerprint density at radius 1 is 1.37 bits per heavy atom. The third-order valence-corrected chi connectivity index (χ3v) is 3.81. The molecule has 2 N–H and O–H groups in total. The highest BCUT2D eigenvalue weighted by molar-refractivity contribution is 5.19. The summed E-state index contributed by atoms with van der Waals surface area (Å²) in [6.45, 7) is 6.10. The van der Waals surface area contributed by atoms with Gasteiger partial charge in [-0.15, -0.1) is 0 Å². The van der Waals surface area contributed by atoms with Crippen molar-refractivity contribution in [2.45, 2.75) is 38.3 Å². The minimum atomic E-state index is -0.132. The summed E-state index contributed by atoms with van der Waals surface area (Å²) in [6.07, 6.45) is 3.21. The number of likely N-dealkylation sites (tertiary alicyclic amines) is 1. The van der Waals surface area contributed by atoms with Crippen LogP contribution in [-0.2, 0) is 0 Å². The van der Waals surface area contributed by atoms with E-state index in [1.807, 2.05) is 0 Å². The number of benzene rings is 1. The third-order valence-electron chi connectivity index (χ3n) is 3.81. The molecule has 1 aliphatic rings. The molecule has 1 fully saturated rings. The summed E-state index contributed by atoms with van der Waals surface area (Å²) >= 11 is 0. The summed E-state index contributed by atoms with van der Waals surface area (Å²) in [5.74, 6) is 0. The molecule has 0 amide bonds. The standard InChI is InChI=1S/C16H26N2O/c1-2-3-10-17-16(14-7-5-4-6-8-14)13-18-11-9-15(19)12-18/h4-8,15-17,19H,2-3,9-13H2,1H3. The molecule has 1 aromatic rings. The largest absolute Gasteiger partial charge is 0.392 e. The van der Waals surface area contributed by atoms with Gasteiger partial charge in [0.15, 0.2) is 0 Å². The maximum Gasteiger partial charge on any atom is 0.0679 e. The maximum absolute atomic E-state index is 9.64. The van der Waals surface area contributed by atoms with Crippen LogP contribution in [0.3, 0.4) is 0 Å². The Labute approximate surface area is 116 Å². The van der Waals surface area contributed by atoms with Crippen LogP contribution in [0.2, 0.25) is 0 Å². The van der Waals surface area contributed by atoms with E-state index < -0.39 is 0 Å². The highest BCUT2D eigenvalue weighted by atomic mass is 16.3. The lowest BCUT2D eigenvalue weighted by molar-refractivity contribution is 0.172. The Morgan fingerprint density at radius 2 is 2.16 bits per heavy atom. The van der Waals surface area contributed by atoms with Crippen LogP contribution in [0.5, 0.6) is 0 Å². The third kappa shape index (κ3) is 4.60. The van der Waals surface area contributed by atoms with E-state index in [-0.39, 0.29) is 6.10 Å². The number of unbranched alkanes of at least 4 members (excludes halogenated alkanes) is 1. The average Bonchev–Trinajstić information content (AvgIpc) is 2.84. The van der Waals surface area contributed by atoms with Crippen LogP contribution in [0, 0.1) is 0 Å². The van der Waals surface area contributed by atoms with Crippen LogP contribution in [0.25, 0.3) is 0 Å². The average molecular weight is 262 g/mol. The fraction of sp³-hybridized carbons (Fsp3) is 0.625. The Hall–Kier alpha value is -0.900.